The predicted octanol–water partition coefficient (Wildman–Crippen LogP) is 2.66. The van der Waals surface area contributed by atoms with Crippen molar-refractivity contribution in [3.05, 3.63) is 94.2 Å². The number of carbonyl (C=O) groups is 1. The molecule has 2 aromatic heterocycles. The van der Waals surface area contributed by atoms with E-state index in [-0.39, 0.29) is 23.3 Å². The van der Waals surface area contributed by atoms with Gasteiger partial charge in [-0.25, -0.2) is 14.8 Å². The van der Waals surface area contributed by atoms with Crippen molar-refractivity contribution in [3.63, 3.8) is 0 Å². The maximum atomic E-state index is 12.5. The van der Waals surface area contributed by atoms with Crippen molar-refractivity contribution in [3.8, 4) is 0 Å². The van der Waals surface area contributed by atoms with Crippen LogP contribution in [0, 0.1) is 0 Å². The Bertz CT molecular complexity index is 1170. The Kier molecular flexibility index (Phi) is 4.72. The summed E-state index contributed by atoms with van der Waals surface area (Å²) < 4.78 is 1.52. The van der Waals surface area contributed by atoms with Gasteiger partial charge >= 0.3 is 5.69 Å². The van der Waals surface area contributed by atoms with Crippen molar-refractivity contribution < 1.29 is 4.79 Å². The Labute approximate surface area is 161 Å². The number of amides is 1. The third kappa shape index (κ3) is 3.42. The number of aromatic nitrogens is 4. The van der Waals surface area contributed by atoms with Crippen LogP contribution in [0.3, 0.4) is 0 Å². The van der Waals surface area contributed by atoms with Crippen LogP contribution < -0.4 is 11.0 Å². The minimum Gasteiger partial charge on any atom is -0.347 e. The number of fused-ring (bicyclic) bond motifs is 1. The number of imidazole rings is 1. The summed E-state index contributed by atoms with van der Waals surface area (Å²) in [5.74, 6) is -0.342. The van der Waals surface area contributed by atoms with Gasteiger partial charge in [-0.3, -0.25) is 14.3 Å². The molecule has 0 fully saturated rings. The lowest BCUT2D eigenvalue weighted by Crippen LogP contribution is -2.25. The molecule has 2 aromatic carbocycles. The van der Waals surface area contributed by atoms with Crippen LogP contribution in [0.25, 0.3) is 11.3 Å². The normalized spacial score (nSPS) is 12.0. The van der Waals surface area contributed by atoms with Crippen molar-refractivity contribution in [2.75, 3.05) is 0 Å². The van der Waals surface area contributed by atoms with Crippen LogP contribution in [-0.4, -0.2) is 25.4 Å². The van der Waals surface area contributed by atoms with Crippen LogP contribution in [0.1, 0.15) is 34.6 Å². The van der Waals surface area contributed by atoms with E-state index in [1.807, 2.05) is 67.6 Å². The average molecular weight is 373 g/mol. The summed E-state index contributed by atoms with van der Waals surface area (Å²) in [5.41, 5.74) is 2.51. The van der Waals surface area contributed by atoms with Gasteiger partial charge in [0.1, 0.15) is 5.69 Å². The van der Waals surface area contributed by atoms with Crippen LogP contribution in [0.4, 0.5) is 0 Å². The highest BCUT2D eigenvalue weighted by molar-refractivity contribution is 5.93. The Morgan fingerprint density at radius 2 is 1.79 bits per heavy atom. The summed E-state index contributed by atoms with van der Waals surface area (Å²) >= 11 is 0. The van der Waals surface area contributed by atoms with Gasteiger partial charge in [0.15, 0.2) is 11.3 Å². The van der Waals surface area contributed by atoms with Gasteiger partial charge in [0.25, 0.3) is 5.91 Å². The van der Waals surface area contributed by atoms with E-state index in [4.69, 9.17) is 0 Å². The van der Waals surface area contributed by atoms with Gasteiger partial charge in [0.2, 0.25) is 0 Å². The molecule has 0 radical (unpaired) electrons. The molecule has 1 amide bonds. The van der Waals surface area contributed by atoms with Crippen molar-refractivity contribution in [1.29, 1.82) is 0 Å². The van der Waals surface area contributed by atoms with E-state index < -0.39 is 0 Å². The number of H-pyrrole nitrogens is 1. The molecule has 1 atom stereocenters. The number of aromatic amines is 1. The Hall–Kier alpha value is -3.74. The quantitative estimate of drug-likeness (QED) is 0.562. The van der Waals surface area contributed by atoms with Crippen LogP contribution in [0.2, 0.25) is 0 Å². The zero-order chi connectivity index (χ0) is 19.5. The first kappa shape index (κ1) is 17.7. The average Bonchev–Trinajstić information content (AvgIpc) is 3.07. The fraction of sp³-hybridized carbons (Fsp3) is 0.143. The lowest BCUT2D eigenvalue weighted by atomic mass is 10.1. The molecule has 2 heterocycles. The number of nitrogens with one attached hydrogen (secondary N) is 2. The van der Waals surface area contributed by atoms with Gasteiger partial charge in [0.05, 0.1) is 12.2 Å². The molecule has 2 N–H and O–H groups in total. The molecule has 140 valence electrons. The summed E-state index contributed by atoms with van der Waals surface area (Å²) in [4.78, 5) is 36.3. The van der Waals surface area contributed by atoms with Crippen LogP contribution in [-0.2, 0) is 6.54 Å². The molecular formula is C21H19N5O2. The minimum atomic E-state index is -0.342. The molecular weight excluding hydrogens is 354 g/mol. The number of hydrogen-bond donors (Lipinski definition) is 2. The van der Waals surface area contributed by atoms with Gasteiger partial charge in [-0.05, 0) is 18.1 Å². The predicted molar refractivity (Wildman–Crippen MR) is 106 cm³/mol. The van der Waals surface area contributed by atoms with E-state index in [0.29, 0.717) is 17.8 Å². The van der Waals surface area contributed by atoms with Gasteiger partial charge in [-0.15, -0.1) is 0 Å². The van der Waals surface area contributed by atoms with Crippen molar-refractivity contribution >= 4 is 17.2 Å². The summed E-state index contributed by atoms with van der Waals surface area (Å²) in [6.07, 6.45) is 1.37. The molecule has 7 nitrogen and oxygen atoms in total. The minimum absolute atomic E-state index is 0.163. The summed E-state index contributed by atoms with van der Waals surface area (Å²) in [6.45, 7) is 2.30. The molecule has 0 aliphatic rings. The second-order valence-corrected chi connectivity index (χ2v) is 6.48. The fourth-order valence-electron chi connectivity index (χ4n) is 3.11. The second kappa shape index (κ2) is 7.48. The first-order chi connectivity index (χ1) is 13.6. The molecule has 1 unspecified atom stereocenters. The maximum absolute atomic E-state index is 12.5. The molecule has 7 heteroatoms. The molecule has 0 saturated heterocycles. The summed E-state index contributed by atoms with van der Waals surface area (Å²) in [6, 6.07) is 19.0. The molecule has 28 heavy (non-hydrogen) atoms. The molecule has 0 saturated carbocycles. The Balaban J connectivity index is 1.65. The highest BCUT2D eigenvalue weighted by atomic mass is 16.2. The smallest absolute Gasteiger partial charge is 0.329 e. The number of benzene rings is 2. The zero-order valence-electron chi connectivity index (χ0n) is 15.3. The lowest BCUT2D eigenvalue weighted by Gasteiger charge is -2.13. The molecule has 4 rings (SSSR count). The molecule has 0 spiro atoms. The van der Waals surface area contributed by atoms with E-state index in [2.05, 4.69) is 20.3 Å². The largest absolute Gasteiger partial charge is 0.347 e. The summed E-state index contributed by atoms with van der Waals surface area (Å²) in [7, 11) is 0. The van der Waals surface area contributed by atoms with Gasteiger partial charge < -0.3 is 5.32 Å². The third-order valence-electron chi connectivity index (χ3n) is 4.62. The maximum Gasteiger partial charge on any atom is 0.329 e. The highest BCUT2D eigenvalue weighted by Crippen LogP contribution is 2.19. The van der Waals surface area contributed by atoms with Crippen molar-refractivity contribution in [2.24, 2.45) is 0 Å². The number of carbonyl (C=O) groups excluding carboxylic acids is 1. The van der Waals surface area contributed by atoms with E-state index in [9.17, 15) is 9.59 Å². The third-order valence-corrected chi connectivity index (χ3v) is 4.62. The van der Waals surface area contributed by atoms with E-state index in [1.165, 1.54) is 10.8 Å². The number of rotatable bonds is 5. The topological polar surface area (TPSA) is 92.7 Å². The number of nitrogens with zero attached hydrogens (tertiary/aromatic N) is 3. The number of hydrogen-bond acceptors (Lipinski definition) is 4. The second-order valence-electron chi connectivity index (χ2n) is 6.48. The van der Waals surface area contributed by atoms with Crippen molar-refractivity contribution in [1.82, 2.24) is 24.8 Å². The van der Waals surface area contributed by atoms with Crippen LogP contribution in [0.15, 0.2) is 71.7 Å². The molecule has 0 bridgehead atoms. The van der Waals surface area contributed by atoms with Gasteiger partial charge in [-0.2, -0.15) is 0 Å². The Morgan fingerprint density at radius 3 is 2.50 bits per heavy atom. The van der Waals surface area contributed by atoms with E-state index in [0.717, 1.165) is 11.1 Å². The van der Waals surface area contributed by atoms with Crippen LogP contribution in [0.5, 0.6) is 0 Å². The first-order valence-corrected chi connectivity index (χ1v) is 8.98. The first-order valence-electron chi connectivity index (χ1n) is 8.98. The summed E-state index contributed by atoms with van der Waals surface area (Å²) in [5, 5.41) is 2.83. The molecule has 4 aromatic rings. The Morgan fingerprint density at radius 1 is 1.11 bits per heavy atom. The van der Waals surface area contributed by atoms with Gasteiger partial charge in [0, 0.05) is 6.54 Å². The van der Waals surface area contributed by atoms with E-state index in [1.54, 1.807) is 0 Å². The molecule has 0 aliphatic heterocycles. The standard InChI is InChI=1S/C21H19N5O2/c1-14(16-10-6-3-7-11-16)26-19-18(25-21(26)28)22-13-17(24-19)20(27)23-12-15-8-4-2-5-9-15/h2-11,13-14H,12H2,1H3,(H,23,27)(H,22,25,28). The zero-order valence-corrected chi connectivity index (χ0v) is 15.3. The van der Waals surface area contributed by atoms with Crippen LogP contribution >= 0.6 is 0 Å². The molecule has 0 aliphatic carbocycles. The monoisotopic (exact) mass is 373 g/mol. The van der Waals surface area contributed by atoms with E-state index >= 15 is 0 Å². The lowest BCUT2D eigenvalue weighted by molar-refractivity contribution is 0.0946. The van der Waals surface area contributed by atoms with Gasteiger partial charge in [-0.1, -0.05) is 60.7 Å². The SMILES string of the molecule is CC(c1ccccc1)n1c(=O)[nH]c2ncc(C(=O)NCc3ccccc3)nc21. The highest BCUT2D eigenvalue weighted by Gasteiger charge is 2.18. The fourth-order valence-corrected chi connectivity index (χ4v) is 3.11. The van der Waals surface area contributed by atoms with Crippen molar-refractivity contribution in [2.45, 2.75) is 19.5 Å².